The van der Waals surface area contributed by atoms with Gasteiger partial charge in [0.1, 0.15) is 11.6 Å². The van der Waals surface area contributed by atoms with Crippen molar-refractivity contribution >= 4 is 16.6 Å². The van der Waals surface area contributed by atoms with Crippen LogP contribution >= 0.6 is 0 Å². The van der Waals surface area contributed by atoms with Gasteiger partial charge < -0.3 is 4.74 Å². The lowest BCUT2D eigenvalue weighted by Crippen LogP contribution is -2.26. The van der Waals surface area contributed by atoms with E-state index < -0.39 is 4.92 Å². The van der Waals surface area contributed by atoms with E-state index in [-0.39, 0.29) is 16.6 Å². The third kappa shape index (κ3) is 4.23. The molecule has 1 aromatic heterocycles. The van der Waals surface area contributed by atoms with Crippen LogP contribution in [-0.2, 0) is 13.0 Å². The van der Waals surface area contributed by atoms with E-state index in [1.54, 1.807) is 17.7 Å². The Bertz CT molecular complexity index is 1340. The van der Waals surface area contributed by atoms with Gasteiger partial charge in [-0.2, -0.15) is 0 Å². The minimum Gasteiger partial charge on any atom is -0.497 e. The number of methoxy groups -OCH3 is 1. The van der Waals surface area contributed by atoms with Gasteiger partial charge in [-0.25, -0.2) is 4.98 Å². The highest BCUT2D eigenvalue weighted by Gasteiger charge is 2.15. The summed E-state index contributed by atoms with van der Waals surface area (Å²) in [6.07, 6.45) is 1.48. The number of aryl methyl sites for hydroxylation is 1. The largest absolute Gasteiger partial charge is 0.497 e. The second kappa shape index (κ2) is 9.01. The summed E-state index contributed by atoms with van der Waals surface area (Å²) in [6, 6.07) is 20.0. The van der Waals surface area contributed by atoms with Gasteiger partial charge in [0.05, 0.1) is 29.5 Å². The van der Waals surface area contributed by atoms with Crippen molar-refractivity contribution in [2.24, 2.45) is 0 Å². The Morgan fingerprint density at radius 3 is 2.50 bits per heavy atom. The number of hydrogen-bond donors (Lipinski definition) is 0. The van der Waals surface area contributed by atoms with Gasteiger partial charge in [0.15, 0.2) is 0 Å². The zero-order valence-electron chi connectivity index (χ0n) is 17.9. The Balaban J connectivity index is 1.72. The maximum absolute atomic E-state index is 13.2. The zero-order valence-corrected chi connectivity index (χ0v) is 17.9. The molecule has 7 heteroatoms. The van der Waals surface area contributed by atoms with Crippen LogP contribution in [0.1, 0.15) is 24.7 Å². The fourth-order valence-corrected chi connectivity index (χ4v) is 3.73. The molecule has 0 amide bonds. The molecule has 0 bridgehead atoms. The van der Waals surface area contributed by atoms with Crippen LogP contribution in [0.15, 0.2) is 71.5 Å². The molecule has 1 heterocycles. The molecule has 3 aromatic carbocycles. The Morgan fingerprint density at radius 1 is 1.03 bits per heavy atom. The zero-order chi connectivity index (χ0) is 22.7. The lowest BCUT2D eigenvalue weighted by Gasteiger charge is -2.14. The smallest absolute Gasteiger partial charge is 0.270 e. The molecule has 4 rings (SSSR count). The van der Waals surface area contributed by atoms with Crippen molar-refractivity contribution in [3.63, 3.8) is 0 Å². The molecule has 0 radical (unpaired) electrons. The number of ether oxygens (including phenoxy) is 1. The highest BCUT2D eigenvalue weighted by Crippen LogP contribution is 2.24. The van der Waals surface area contributed by atoms with Crippen LogP contribution in [-0.4, -0.2) is 21.6 Å². The third-order valence-electron chi connectivity index (χ3n) is 5.40. The van der Waals surface area contributed by atoms with Crippen LogP contribution in [0, 0.1) is 10.1 Å². The van der Waals surface area contributed by atoms with E-state index in [0.29, 0.717) is 24.3 Å². The van der Waals surface area contributed by atoms with Gasteiger partial charge in [-0.05, 0) is 41.3 Å². The third-order valence-corrected chi connectivity index (χ3v) is 5.40. The second-order valence-corrected chi connectivity index (χ2v) is 7.56. The maximum Gasteiger partial charge on any atom is 0.270 e. The van der Waals surface area contributed by atoms with E-state index in [2.05, 4.69) is 4.98 Å². The van der Waals surface area contributed by atoms with E-state index in [1.165, 1.54) is 12.1 Å². The maximum atomic E-state index is 13.2. The summed E-state index contributed by atoms with van der Waals surface area (Å²) < 4.78 is 6.92. The minimum absolute atomic E-state index is 0.117. The predicted molar refractivity (Wildman–Crippen MR) is 124 cm³/mol. The summed E-state index contributed by atoms with van der Waals surface area (Å²) in [5, 5.41) is 11.4. The van der Waals surface area contributed by atoms with Crippen LogP contribution in [0.4, 0.5) is 5.69 Å². The van der Waals surface area contributed by atoms with Crippen LogP contribution in [0.5, 0.6) is 5.75 Å². The first-order valence-electron chi connectivity index (χ1n) is 10.4. The van der Waals surface area contributed by atoms with Crippen LogP contribution < -0.4 is 10.3 Å². The molecule has 0 N–H and O–H groups in total. The van der Waals surface area contributed by atoms with Gasteiger partial charge >= 0.3 is 0 Å². The number of nitro benzene ring substituents is 1. The predicted octanol–water partition coefficient (Wildman–Crippen LogP) is 4.98. The minimum atomic E-state index is -0.500. The van der Waals surface area contributed by atoms with Crippen molar-refractivity contribution in [3.05, 3.63) is 98.6 Å². The molecule has 0 saturated heterocycles. The molecule has 0 aliphatic heterocycles. The summed E-state index contributed by atoms with van der Waals surface area (Å²) in [4.78, 5) is 28.5. The van der Waals surface area contributed by atoms with Gasteiger partial charge in [0.2, 0.25) is 0 Å². The van der Waals surface area contributed by atoms with Crippen LogP contribution in [0.25, 0.3) is 22.0 Å². The molecule has 162 valence electrons. The topological polar surface area (TPSA) is 87.3 Å². The van der Waals surface area contributed by atoms with E-state index >= 15 is 0 Å². The number of rotatable bonds is 7. The molecule has 32 heavy (non-hydrogen) atoms. The highest BCUT2D eigenvalue weighted by atomic mass is 16.6. The fraction of sp³-hybridized carbons (Fsp3) is 0.200. The average Bonchev–Trinajstić information content (AvgIpc) is 2.82. The number of hydrogen-bond acceptors (Lipinski definition) is 5. The average molecular weight is 429 g/mol. The van der Waals surface area contributed by atoms with E-state index in [9.17, 15) is 14.9 Å². The summed E-state index contributed by atoms with van der Waals surface area (Å²) >= 11 is 0. The summed E-state index contributed by atoms with van der Waals surface area (Å²) in [7, 11) is 1.64. The lowest BCUT2D eigenvalue weighted by atomic mass is 10.0. The Hall–Kier alpha value is -4.00. The Morgan fingerprint density at radius 2 is 1.81 bits per heavy atom. The Kier molecular flexibility index (Phi) is 5.98. The first kappa shape index (κ1) is 21.2. The van der Waals surface area contributed by atoms with Gasteiger partial charge in [0, 0.05) is 18.6 Å². The van der Waals surface area contributed by atoms with Gasteiger partial charge in [0.25, 0.3) is 11.2 Å². The molecule has 0 aliphatic rings. The van der Waals surface area contributed by atoms with E-state index in [0.717, 1.165) is 28.9 Å². The summed E-state index contributed by atoms with van der Waals surface area (Å²) in [5.41, 5.74) is 3.13. The first-order valence-corrected chi connectivity index (χ1v) is 10.4. The molecule has 0 spiro atoms. The number of non-ortho nitro benzene ring substituents is 1. The second-order valence-electron chi connectivity index (χ2n) is 7.56. The molecule has 0 saturated carbocycles. The van der Waals surface area contributed by atoms with E-state index in [1.807, 2.05) is 55.5 Å². The van der Waals surface area contributed by atoms with Gasteiger partial charge in [-0.15, -0.1) is 0 Å². The Labute approximate surface area is 185 Å². The molecule has 7 nitrogen and oxygen atoms in total. The van der Waals surface area contributed by atoms with Crippen LogP contribution in [0.2, 0.25) is 0 Å². The summed E-state index contributed by atoms with van der Waals surface area (Å²) in [6.45, 7) is 2.37. The molecular weight excluding hydrogens is 406 g/mol. The van der Waals surface area contributed by atoms with Crippen molar-refractivity contribution in [1.82, 2.24) is 9.55 Å². The van der Waals surface area contributed by atoms with E-state index in [4.69, 9.17) is 4.74 Å². The van der Waals surface area contributed by atoms with Crippen molar-refractivity contribution in [3.8, 4) is 16.9 Å². The van der Waals surface area contributed by atoms with Gasteiger partial charge in [-0.3, -0.25) is 19.5 Å². The van der Waals surface area contributed by atoms with Gasteiger partial charge in [-0.1, -0.05) is 43.3 Å². The number of nitro groups is 1. The number of benzene rings is 3. The van der Waals surface area contributed by atoms with Crippen molar-refractivity contribution in [1.29, 1.82) is 0 Å². The monoisotopic (exact) mass is 429 g/mol. The SMILES string of the molecule is CCCc1nc2ccc([N+](=O)[O-])cc2c(=O)n1Cc1ccc(-c2cccc(OC)c2)cc1. The standard InChI is InChI=1S/C25H23N3O4/c1-3-5-24-26-23-13-12-20(28(30)31)15-22(23)25(29)27(24)16-17-8-10-18(11-9-17)19-6-4-7-21(14-19)32-2/h4,6-15H,3,5,16H2,1-2H3. The van der Waals surface area contributed by atoms with Crippen LogP contribution in [0.3, 0.4) is 0 Å². The molecule has 0 unspecified atom stereocenters. The van der Waals surface area contributed by atoms with Crippen molar-refractivity contribution in [2.75, 3.05) is 7.11 Å². The molecular formula is C25H23N3O4. The normalized spacial score (nSPS) is 10.9. The lowest BCUT2D eigenvalue weighted by molar-refractivity contribution is -0.384. The molecule has 4 aromatic rings. The summed E-state index contributed by atoms with van der Waals surface area (Å²) in [5.74, 6) is 1.47. The highest BCUT2D eigenvalue weighted by molar-refractivity contribution is 5.80. The van der Waals surface area contributed by atoms with Crippen molar-refractivity contribution < 1.29 is 9.66 Å². The molecule has 0 fully saturated rings. The van der Waals surface area contributed by atoms with Crippen molar-refractivity contribution in [2.45, 2.75) is 26.3 Å². The first-order chi connectivity index (χ1) is 15.5. The quantitative estimate of drug-likeness (QED) is 0.305. The fourth-order valence-electron chi connectivity index (χ4n) is 3.73. The number of aromatic nitrogens is 2. The molecule has 0 atom stereocenters. The molecule has 0 aliphatic carbocycles. The number of fused-ring (bicyclic) bond motifs is 1. The number of nitrogens with zero attached hydrogens (tertiary/aromatic N) is 3.